The van der Waals surface area contributed by atoms with Gasteiger partial charge >= 0.3 is 0 Å². The molecule has 7 nitrogen and oxygen atoms in total. The van der Waals surface area contributed by atoms with Crippen molar-refractivity contribution in [1.29, 1.82) is 0 Å². The maximum atomic E-state index is 10.2. The van der Waals surface area contributed by atoms with Gasteiger partial charge in [-0.05, 0) is 37.7 Å². The summed E-state index contributed by atoms with van der Waals surface area (Å²) >= 11 is 0. The molecule has 1 heterocycles. The first-order valence-corrected chi connectivity index (χ1v) is 11.8. The van der Waals surface area contributed by atoms with E-state index in [2.05, 4.69) is 66.6 Å². The van der Waals surface area contributed by atoms with Crippen LogP contribution in [0, 0.1) is 17.0 Å². The number of benzene rings is 2. The van der Waals surface area contributed by atoms with Crippen molar-refractivity contribution in [2.75, 3.05) is 38.1 Å². The van der Waals surface area contributed by atoms with E-state index in [0.29, 0.717) is 0 Å². The first-order valence-electron chi connectivity index (χ1n) is 11.8. The lowest BCUT2D eigenvalue weighted by Crippen LogP contribution is -2.44. The van der Waals surface area contributed by atoms with Crippen molar-refractivity contribution in [3.63, 3.8) is 0 Å². The van der Waals surface area contributed by atoms with Crippen LogP contribution in [0.1, 0.15) is 53.5 Å². The number of ether oxygens (including phenoxy) is 1. The molecule has 0 unspecified atom stereocenters. The van der Waals surface area contributed by atoms with Gasteiger partial charge in [0.25, 0.3) is 12.2 Å². The summed E-state index contributed by atoms with van der Waals surface area (Å²) in [5.41, 5.74) is 2.76. The fraction of sp³-hybridized carbons (Fsp3) is 0.500. The number of piperazine rings is 1. The molecule has 0 amide bonds. The van der Waals surface area contributed by atoms with Gasteiger partial charge < -0.3 is 14.5 Å². The first kappa shape index (κ1) is 32.3. The number of carbonyl (C=O) groups excluding carboxylic acids is 1. The fourth-order valence-electron chi connectivity index (χ4n) is 2.67. The highest BCUT2D eigenvalue weighted by Gasteiger charge is 2.14. The van der Waals surface area contributed by atoms with Crippen LogP contribution in [0.2, 0.25) is 0 Å². The normalized spacial score (nSPS) is 12.1. The van der Waals surface area contributed by atoms with Crippen molar-refractivity contribution < 1.29 is 14.5 Å². The first-order chi connectivity index (χ1) is 15.9. The predicted octanol–water partition coefficient (Wildman–Crippen LogP) is 6.35. The fourth-order valence-corrected chi connectivity index (χ4v) is 2.67. The van der Waals surface area contributed by atoms with Gasteiger partial charge in [0.05, 0.1) is 4.92 Å². The van der Waals surface area contributed by atoms with Crippen LogP contribution in [-0.4, -0.2) is 49.5 Å². The van der Waals surface area contributed by atoms with E-state index >= 15 is 0 Å². The molecule has 3 rings (SSSR count). The van der Waals surface area contributed by atoms with E-state index in [-0.39, 0.29) is 17.9 Å². The minimum atomic E-state index is -0.523. The number of rotatable bonds is 4. The van der Waals surface area contributed by atoms with Crippen molar-refractivity contribution in [3.05, 3.63) is 64.2 Å². The molecule has 186 valence electrons. The SMILES string of the molecule is CC.CC.CCC.Cc1ccccc1N1CCN(C)CC1.O=COc1ccc([N+](=O)[O-])cc1. The summed E-state index contributed by atoms with van der Waals surface area (Å²) < 4.78 is 4.44. The molecule has 0 spiro atoms. The molecule has 33 heavy (non-hydrogen) atoms. The lowest BCUT2D eigenvalue weighted by Gasteiger charge is -2.34. The van der Waals surface area contributed by atoms with E-state index in [0.717, 1.165) is 13.1 Å². The number of likely N-dealkylation sites (N-methyl/N-ethyl adjacent to an activating group) is 1. The molecule has 1 saturated heterocycles. The van der Waals surface area contributed by atoms with E-state index in [1.807, 2.05) is 27.7 Å². The molecule has 2 aromatic carbocycles. The maximum Gasteiger partial charge on any atom is 0.298 e. The number of nitro benzene ring substituents is 1. The van der Waals surface area contributed by atoms with E-state index in [9.17, 15) is 14.9 Å². The Bertz CT molecular complexity index is 743. The van der Waals surface area contributed by atoms with Crippen molar-refractivity contribution in [2.45, 2.75) is 54.9 Å². The molecular weight excluding hydrogens is 418 g/mol. The number of nitrogens with zero attached hydrogens (tertiary/aromatic N) is 3. The number of anilines is 1. The minimum Gasteiger partial charge on any atom is -0.429 e. The summed E-state index contributed by atoms with van der Waals surface area (Å²) in [4.78, 5) is 24.3. The molecule has 0 N–H and O–H groups in total. The number of nitro groups is 1. The highest BCUT2D eigenvalue weighted by molar-refractivity contribution is 5.53. The van der Waals surface area contributed by atoms with Crippen LogP contribution >= 0.6 is 0 Å². The second-order valence-electron chi connectivity index (χ2n) is 6.75. The second kappa shape index (κ2) is 20.9. The Kier molecular flexibility index (Phi) is 20.5. The molecule has 1 aliphatic rings. The van der Waals surface area contributed by atoms with Gasteiger partial charge in [0.2, 0.25) is 0 Å². The molecule has 0 aromatic heterocycles. The average Bonchev–Trinajstić information content (AvgIpc) is 2.84. The molecule has 0 atom stereocenters. The zero-order valence-corrected chi connectivity index (χ0v) is 21.7. The quantitative estimate of drug-likeness (QED) is 0.300. The summed E-state index contributed by atoms with van der Waals surface area (Å²) in [7, 11) is 2.19. The molecule has 7 heteroatoms. The van der Waals surface area contributed by atoms with E-state index in [1.165, 1.54) is 55.0 Å². The Labute approximate surface area is 200 Å². The van der Waals surface area contributed by atoms with Gasteiger partial charge in [0.1, 0.15) is 5.75 Å². The van der Waals surface area contributed by atoms with Gasteiger partial charge in [-0.1, -0.05) is 66.2 Å². The van der Waals surface area contributed by atoms with Crippen LogP contribution < -0.4 is 9.64 Å². The number of hydrogen-bond donors (Lipinski definition) is 0. The molecule has 0 bridgehead atoms. The van der Waals surface area contributed by atoms with Crippen LogP contribution in [0.15, 0.2) is 48.5 Å². The summed E-state index contributed by atoms with van der Waals surface area (Å²) in [6.45, 7) is 19.4. The Balaban J connectivity index is 0. The number of non-ortho nitro benzene ring substituents is 1. The summed E-state index contributed by atoms with van der Waals surface area (Å²) in [6, 6.07) is 13.9. The van der Waals surface area contributed by atoms with Crippen LogP contribution in [0.5, 0.6) is 5.75 Å². The summed E-state index contributed by atoms with van der Waals surface area (Å²) in [5.74, 6) is 0.288. The monoisotopic (exact) mass is 461 g/mol. The Hall–Kier alpha value is -2.93. The van der Waals surface area contributed by atoms with Gasteiger partial charge in [0.15, 0.2) is 0 Å². The third-order valence-corrected chi connectivity index (χ3v) is 4.19. The van der Waals surface area contributed by atoms with Crippen LogP contribution in [0.3, 0.4) is 0 Å². The average molecular weight is 462 g/mol. The van der Waals surface area contributed by atoms with Gasteiger partial charge in [-0.3, -0.25) is 14.9 Å². The number of aryl methyl sites for hydroxylation is 1. The third kappa shape index (κ3) is 14.0. The van der Waals surface area contributed by atoms with Crippen molar-refractivity contribution in [3.8, 4) is 5.75 Å². The lowest BCUT2D eigenvalue weighted by molar-refractivity contribution is -0.384. The second-order valence-corrected chi connectivity index (χ2v) is 6.75. The van der Waals surface area contributed by atoms with Crippen LogP contribution in [0.25, 0.3) is 0 Å². The van der Waals surface area contributed by atoms with E-state index < -0.39 is 4.92 Å². The number of carbonyl (C=O) groups is 1. The van der Waals surface area contributed by atoms with E-state index in [4.69, 9.17) is 0 Å². The summed E-state index contributed by atoms with van der Waals surface area (Å²) in [5, 5.41) is 10.2. The molecule has 2 aromatic rings. The topological polar surface area (TPSA) is 75.9 Å². The number of hydrogen-bond acceptors (Lipinski definition) is 6. The largest absolute Gasteiger partial charge is 0.429 e. The zero-order chi connectivity index (χ0) is 25.6. The zero-order valence-electron chi connectivity index (χ0n) is 21.7. The molecule has 1 fully saturated rings. The Morgan fingerprint density at radius 3 is 1.85 bits per heavy atom. The van der Waals surface area contributed by atoms with Crippen LogP contribution in [-0.2, 0) is 4.79 Å². The summed E-state index contributed by atoms with van der Waals surface area (Å²) in [6.07, 6.45) is 1.25. The van der Waals surface area contributed by atoms with Gasteiger partial charge in [-0.15, -0.1) is 0 Å². The van der Waals surface area contributed by atoms with Crippen molar-refractivity contribution >= 4 is 17.8 Å². The van der Waals surface area contributed by atoms with Crippen LogP contribution in [0.4, 0.5) is 11.4 Å². The smallest absolute Gasteiger partial charge is 0.298 e. The lowest BCUT2D eigenvalue weighted by atomic mass is 10.1. The van der Waals surface area contributed by atoms with Crippen molar-refractivity contribution in [2.24, 2.45) is 0 Å². The Morgan fingerprint density at radius 1 is 0.939 bits per heavy atom. The molecule has 0 saturated carbocycles. The predicted molar refractivity (Wildman–Crippen MR) is 139 cm³/mol. The van der Waals surface area contributed by atoms with Gasteiger partial charge in [-0.25, -0.2) is 0 Å². The maximum absolute atomic E-state index is 10.2. The molecule has 0 radical (unpaired) electrons. The highest BCUT2D eigenvalue weighted by atomic mass is 16.6. The van der Waals surface area contributed by atoms with Gasteiger partial charge in [-0.2, -0.15) is 0 Å². The Morgan fingerprint density at radius 2 is 1.42 bits per heavy atom. The molecule has 1 aliphatic heterocycles. The number of para-hydroxylation sites is 1. The van der Waals surface area contributed by atoms with Crippen molar-refractivity contribution in [1.82, 2.24) is 4.90 Å². The molecule has 0 aliphatic carbocycles. The highest BCUT2D eigenvalue weighted by Crippen LogP contribution is 2.20. The molecular formula is C26H43N3O4. The third-order valence-electron chi connectivity index (χ3n) is 4.19. The van der Waals surface area contributed by atoms with Gasteiger partial charge in [0, 0.05) is 44.0 Å². The standard InChI is InChI=1S/C12H18N2.C7H5NO4.C3H8.2C2H6/c1-11-5-3-4-6-12(11)14-9-7-13(2)8-10-14;9-5-12-7-3-1-6(2-4-7)8(10)11;1-3-2;2*1-2/h3-6H,7-10H2,1-2H3;1-5H;3H2,1-2H3;2*1-2H3. The minimum absolute atomic E-state index is 0.0340. The van der Waals surface area contributed by atoms with E-state index in [1.54, 1.807) is 0 Å².